The number of rotatable bonds is 7. The van der Waals surface area contributed by atoms with Gasteiger partial charge in [-0.25, -0.2) is 0 Å². The number of tetrazole rings is 1. The molecule has 1 saturated heterocycles. The van der Waals surface area contributed by atoms with E-state index in [2.05, 4.69) is 25.9 Å². The Bertz CT molecular complexity index is 1120. The van der Waals surface area contributed by atoms with Crippen LogP contribution in [0.4, 0.5) is 24.5 Å². The van der Waals surface area contributed by atoms with Gasteiger partial charge in [-0.15, -0.1) is 10.2 Å². The van der Waals surface area contributed by atoms with Gasteiger partial charge in [0.1, 0.15) is 11.8 Å². The average Bonchev–Trinajstić information content (AvgIpc) is 3.33. The van der Waals surface area contributed by atoms with E-state index in [9.17, 15) is 18.0 Å². The molecule has 34 heavy (non-hydrogen) atoms. The molecular weight excluding hydrogens is 449 g/mol. The molecule has 0 bridgehead atoms. The molecule has 2 N–H and O–H groups in total. The van der Waals surface area contributed by atoms with Crippen LogP contribution in [-0.2, 0) is 17.6 Å². The van der Waals surface area contributed by atoms with E-state index in [0.29, 0.717) is 42.2 Å². The van der Waals surface area contributed by atoms with Gasteiger partial charge in [0.05, 0.1) is 5.56 Å². The number of aromatic amines is 1. The van der Waals surface area contributed by atoms with Gasteiger partial charge in [-0.05, 0) is 60.7 Å². The molecule has 3 aromatic rings. The zero-order valence-electron chi connectivity index (χ0n) is 18.8. The van der Waals surface area contributed by atoms with E-state index in [4.69, 9.17) is 4.74 Å². The van der Waals surface area contributed by atoms with Gasteiger partial charge in [0.25, 0.3) is 0 Å². The zero-order valence-corrected chi connectivity index (χ0v) is 18.8. The molecule has 1 aliphatic heterocycles. The lowest BCUT2D eigenvalue weighted by molar-refractivity contribution is -0.137. The number of H-pyrrole nitrogens is 1. The fraction of sp³-hybridized carbons (Fsp3) is 0.391. The van der Waals surface area contributed by atoms with Gasteiger partial charge in [-0.1, -0.05) is 25.1 Å². The Kier molecular flexibility index (Phi) is 6.71. The van der Waals surface area contributed by atoms with E-state index in [1.54, 1.807) is 35.2 Å². The molecule has 8 nitrogen and oxygen atoms in total. The van der Waals surface area contributed by atoms with E-state index in [0.717, 1.165) is 6.07 Å². The Balaban J connectivity index is 1.47. The molecule has 1 aromatic heterocycles. The minimum absolute atomic E-state index is 0.0406. The summed E-state index contributed by atoms with van der Waals surface area (Å²) in [5.41, 5.74) is 0.403. The number of ether oxygens (including phenoxy) is 1. The molecule has 0 saturated carbocycles. The summed E-state index contributed by atoms with van der Waals surface area (Å²) in [6, 6.07) is 10.4. The van der Waals surface area contributed by atoms with E-state index in [1.807, 2.05) is 13.8 Å². The number of aromatic nitrogens is 4. The van der Waals surface area contributed by atoms with Gasteiger partial charge < -0.3 is 15.0 Å². The monoisotopic (exact) mass is 474 g/mol. The second-order valence-electron chi connectivity index (χ2n) is 8.40. The van der Waals surface area contributed by atoms with Crippen molar-refractivity contribution in [3.63, 3.8) is 0 Å². The lowest BCUT2D eigenvalue weighted by Crippen LogP contribution is -2.48. The summed E-state index contributed by atoms with van der Waals surface area (Å²) in [4.78, 5) is 14.7. The summed E-state index contributed by atoms with van der Waals surface area (Å²) >= 11 is 0. The van der Waals surface area contributed by atoms with Crippen LogP contribution in [0.2, 0.25) is 0 Å². The number of anilines is 2. The number of carbonyl (C=O) groups excluding carboxylic acids is 1. The van der Waals surface area contributed by atoms with Crippen LogP contribution in [0.25, 0.3) is 0 Å². The molecule has 2 heterocycles. The van der Waals surface area contributed by atoms with Gasteiger partial charge in [0, 0.05) is 17.9 Å². The first-order valence-electron chi connectivity index (χ1n) is 11.0. The van der Waals surface area contributed by atoms with Crippen molar-refractivity contribution in [2.75, 3.05) is 16.8 Å². The van der Waals surface area contributed by atoms with Crippen molar-refractivity contribution in [2.24, 2.45) is 0 Å². The Hall–Kier alpha value is -3.63. The van der Waals surface area contributed by atoms with Crippen LogP contribution < -0.4 is 15.0 Å². The summed E-state index contributed by atoms with van der Waals surface area (Å²) in [5.74, 6) is 0.658. The summed E-state index contributed by atoms with van der Waals surface area (Å²) in [6.07, 6.45) is -3.42. The molecular formula is C23H25F3N6O2. The van der Waals surface area contributed by atoms with Crippen molar-refractivity contribution in [1.82, 2.24) is 20.6 Å². The van der Waals surface area contributed by atoms with Crippen LogP contribution in [0.3, 0.4) is 0 Å². The molecule has 2 aromatic carbocycles. The lowest BCUT2D eigenvalue weighted by atomic mass is 9.98. The number of nitrogens with one attached hydrogen (secondary N) is 2. The van der Waals surface area contributed by atoms with E-state index in [1.165, 1.54) is 6.07 Å². The highest BCUT2D eigenvalue weighted by molar-refractivity contribution is 5.99. The fourth-order valence-electron chi connectivity index (χ4n) is 3.85. The van der Waals surface area contributed by atoms with Crippen LogP contribution in [0.1, 0.15) is 49.6 Å². The molecule has 4 rings (SSSR count). The lowest BCUT2D eigenvalue weighted by Gasteiger charge is -2.33. The average molecular weight is 474 g/mol. The molecule has 0 radical (unpaired) electrons. The normalized spacial score (nSPS) is 16.7. The minimum Gasteiger partial charge on any atom is -0.485 e. The predicted molar refractivity (Wildman–Crippen MR) is 119 cm³/mol. The molecule has 1 fully saturated rings. The molecule has 1 atom stereocenters. The van der Waals surface area contributed by atoms with Crippen LogP contribution in [0.5, 0.6) is 5.75 Å². The maximum absolute atomic E-state index is 13.7. The largest absolute Gasteiger partial charge is 0.485 e. The molecule has 11 heteroatoms. The SMILES string of the molecule is CC(C)c1ccc(NC2CCCN(c3ccc(OCc4nn[nH]n4)cc3)C2=O)c(C(F)(F)F)c1. The number of hydrogen-bond acceptors (Lipinski definition) is 6. The molecule has 0 aliphatic carbocycles. The fourth-order valence-corrected chi connectivity index (χ4v) is 3.85. The highest BCUT2D eigenvalue weighted by atomic mass is 19.4. The maximum Gasteiger partial charge on any atom is 0.418 e. The number of benzene rings is 2. The van der Waals surface area contributed by atoms with E-state index in [-0.39, 0.29) is 24.1 Å². The predicted octanol–water partition coefficient (Wildman–Crippen LogP) is 4.53. The summed E-state index contributed by atoms with van der Waals surface area (Å²) in [7, 11) is 0. The quantitative estimate of drug-likeness (QED) is 0.523. The number of halogens is 3. The Morgan fingerprint density at radius 3 is 2.62 bits per heavy atom. The first-order chi connectivity index (χ1) is 16.2. The summed E-state index contributed by atoms with van der Waals surface area (Å²) in [5, 5.41) is 16.3. The van der Waals surface area contributed by atoms with Gasteiger partial charge in [0.2, 0.25) is 11.7 Å². The second-order valence-corrected chi connectivity index (χ2v) is 8.40. The topological polar surface area (TPSA) is 96.0 Å². The number of nitrogens with zero attached hydrogens (tertiary/aromatic N) is 4. The summed E-state index contributed by atoms with van der Waals surface area (Å²) < 4.78 is 46.7. The highest BCUT2D eigenvalue weighted by Gasteiger charge is 2.36. The van der Waals surface area contributed by atoms with Crippen LogP contribution in [0.15, 0.2) is 42.5 Å². The Morgan fingerprint density at radius 1 is 1.21 bits per heavy atom. The smallest absolute Gasteiger partial charge is 0.418 e. The van der Waals surface area contributed by atoms with Gasteiger partial charge in [0.15, 0.2) is 6.61 Å². The van der Waals surface area contributed by atoms with Crippen molar-refractivity contribution in [3.05, 3.63) is 59.4 Å². The molecule has 180 valence electrons. The standard InChI is InChI=1S/C23H25F3N6O2/c1-14(2)15-5-10-19(18(12-15)23(24,25)26)27-20-4-3-11-32(22(20)33)16-6-8-17(9-7-16)34-13-21-28-30-31-29-21/h5-10,12,14,20,27H,3-4,11,13H2,1-2H3,(H,28,29,30,31). The van der Waals surface area contributed by atoms with Crippen molar-refractivity contribution in [2.45, 2.75) is 51.4 Å². The van der Waals surface area contributed by atoms with Gasteiger partial charge in [-0.3, -0.25) is 4.79 Å². The Labute approximate surface area is 194 Å². The van der Waals surface area contributed by atoms with Gasteiger partial charge >= 0.3 is 6.18 Å². The first kappa shape index (κ1) is 23.5. The number of carbonyl (C=O) groups is 1. The number of hydrogen-bond donors (Lipinski definition) is 2. The van der Waals surface area contributed by atoms with Crippen LogP contribution in [-0.4, -0.2) is 39.1 Å². The summed E-state index contributed by atoms with van der Waals surface area (Å²) in [6.45, 7) is 4.31. The molecule has 1 amide bonds. The third-order valence-electron chi connectivity index (χ3n) is 5.69. The van der Waals surface area contributed by atoms with Crippen molar-refractivity contribution >= 4 is 17.3 Å². The third kappa shape index (κ3) is 5.29. The number of piperidine rings is 1. The number of alkyl halides is 3. The maximum atomic E-state index is 13.7. The van der Waals surface area contributed by atoms with Crippen molar-refractivity contribution in [3.8, 4) is 5.75 Å². The Morgan fingerprint density at radius 2 is 1.97 bits per heavy atom. The van der Waals surface area contributed by atoms with Crippen LogP contribution >= 0.6 is 0 Å². The zero-order chi connectivity index (χ0) is 24.3. The highest BCUT2D eigenvalue weighted by Crippen LogP contribution is 2.37. The first-order valence-corrected chi connectivity index (χ1v) is 11.0. The van der Waals surface area contributed by atoms with E-state index >= 15 is 0 Å². The second kappa shape index (κ2) is 9.70. The number of amides is 1. The molecule has 1 aliphatic rings. The van der Waals surface area contributed by atoms with Crippen molar-refractivity contribution in [1.29, 1.82) is 0 Å². The molecule has 0 spiro atoms. The van der Waals surface area contributed by atoms with Crippen molar-refractivity contribution < 1.29 is 22.7 Å². The van der Waals surface area contributed by atoms with Crippen LogP contribution in [0, 0.1) is 0 Å². The minimum atomic E-state index is -4.53. The third-order valence-corrected chi connectivity index (χ3v) is 5.69. The van der Waals surface area contributed by atoms with E-state index < -0.39 is 17.8 Å². The van der Waals surface area contributed by atoms with Gasteiger partial charge in [-0.2, -0.15) is 18.4 Å². The molecule has 1 unspecified atom stereocenters.